The molecule has 2 heteroatoms. The van der Waals surface area contributed by atoms with Gasteiger partial charge in [-0.25, -0.2) is 0 Å². The third-order valence-corrected chi connectivity index (χ3v) is 10.7. The van der Waals surface area contributed by atoms with Crippen LogP contribution in [0.25, 0.3) is 0 Å². The summed E-state index contributed by atoms with van der Waals surface area (Å²) in [5.74, 6) is 0.613. The van der Waals surface area contributed by atoms with Gasteiger partial charge >= 0.3 is 0 Å². The van der Waals surface area contributed by atoms with Gasteiger partial charge in [-0.2, -0.15) is 0 Å². The van der Waals surface area contributed by atoms with Gasteiger partial charge in [0.25, 0.3) is 0 Å². The van der Waals surface area contributed by atoms with Gasteiger partial charge in [0.05, 0.1) is 0 Å². The maximum atomic E-state index is 12.7. The van der Waals surface area contributed by atoms with Gasteiger partial charge in [0.15, 0.2) is 0 Å². The molecule has 3 aliphatic rings. The Morgan fingerprint density at radius 3 is 1.48 bits per heavy atom. The van der Waals surface area contributed by atoms with E-state index in [2.05, 4.69) is 20.8 Å². The highest BCUT2D eigenvalue weighted by molar-refractivity contribution is 7.62. The second-order valence-corrected chi connectivity index (χ2v) is 12.9. The molecule has 2 aliphatic carbocycles. The molecular formula is C19H33OP. The predicted molar refractivity (Wildman–Crippen MR) is 92.5 cm³/mol. The lowest BCUT2D eigenvalue weighted by atomic mass is 9.78. The van der Waals surface area contributed by atoms with Gasteiger partial charge in [0.2, 0.25) is 0 Å². The number of ketones is 1. The molecule has 1 nitrogen and oxygen atoms in total. The van der Waals surface area contributed by atoms with Crippen LogP contribution in [0.15, 0.2) is 0 Å². The number of Topliss-reactive ketones (excluding diaryl/α,β-unsaturated/α-hetero) is 1. The predicted octanol–water partition coefficient (Wildman–Crippen LogP) is 6.04. The van der Waals surface area contributed by atoms with Gasteiger partial charge in [-0.3, -0.25) is 4.79 Å². The Hall–Kier alpha value is 0.100. The average molecular weight is 308 g/mol. The lowest BCUT2D eigenvalue weighted by Gasteiger charge is -2.62. The van der Waals surface area contributed by atoms with E-state index in [1.807, 2.05) is 0 Å². The van der Waals surface area contributed by atoms with E-state index in [4.69, 9.17) is 0 Å². The van der Waals surface area contributed by atoms with Crippen LogP contribution in [0.1, 0.15) is 97.8 Å². The Bertz CT molecular complexity index is 364. The van der Waals surface area contributed by atoms with Crippen molar-refractivity contribution in [3.05, 3.63) is 0 Å². The summed E-state index contributed by atoms with van der Waals surface area (Å²) in [5, 5.41) is 1.24. The second kappa shape index (κ2) is 5.63. The zero-order valence-electron chi connectivity index (χ0n) is 14.3. The lowest BCUT2D eigenvalue weighted by Crippen LogP contribution is -2.52. The van der Waals surface area contributed by atoms with E-state index < -0.39 is 0 Å². The highest BCUT2D eigenvalue weighted by Crippen LogP contribution is 2.77. The molecule has 0 aromatic carbocycles. The van der Waals surface area contributed by atoms with E-state index in [1.165, 1.54) is 64.2 Å². The topological polar surface area (TPSA) is 17.1 Å². The first-order valence-corrected chi connectivity index (χ1v) is 10.5. The third kappa shape index (κ3) is 2.85. The van der Waals surface area contributed by atoms with E-state index in [0.717, 1.165) is 12.8 Å². The first-order valence-electron chi connectivity index (χ1n) is 9.20. The van der Waals surface area contributed by atoms with E-state index in [1.54, 1.807) is 0 Å². The number of hydrogen-bond acceptors (Lipinski definition) is 1. The van der Waals surface area contributed by atoms with Crippen molar-refractivity contribution in [2.75, 3.05) is 0 Å². The highest BCUT2D eigenvalue weighted by atomic mass is 31.1. The molecule has 0 bridgehead atoms. The zero-order chi connectivity index (χ0) is 15.1. The fourth-order valence-electron chi connectivity index (χ4n) is 6.10. The van der Waals surface area contributed by atoms with Crippen molar-refractivity contribution in [3.8, 4) is 0 Å². The number of carbonyl (C=O) groups is 1. The van der Waals surface area contributed by atoms with E-state index in [0.29, 0.717) is 21.3 Å². The summed E-state index contributed by atoms with van der Waals surface area (Å²) in [6.45, 7) is 7.46. The minimum atomic E-state index is -0.0651. The van der Waals surface area contributed by atoms with Crippen molar-refractivity contribution in [2.45, 2.75) is 113 Å². The van der Waals surface area contributed by atoms with Crippen molar-refractivity contribution in [2.24, 2.45) is 0 Å². The van der Waals surface area contributed by atoms with Crippen molar-refractivity contribution < 1.29 is 4.79 Å². The lowest BCUT2D eigenvalue weighted by molar-refractivity contribution is -0.121. The molecule has 0 N–H and O–H groups in total. The van der Waals surface area contributed by atoms with Crippen molar-refractivity contribution >= 4 is 13.7 Å². The number of hydrogen-bond donors (Lipinski definition) is 0. The van der Waals surface area contributed by atoms with Crippen LogP contribution < -0.4 is 0 Å². The molecule has 0 radical (unpaired) electrons. The number of carbonyl (C=O) groups excluding carboxylic acids is 1. The number of rotatable bonds is 0. The fourth-order valence-corrected chi connectivity index (χ4v) is 12.1. The standard InChI is InChI=1S/C19H33OP/c1-17(2,3)21-18(10-6-4-7-11-18)14-16(20)15-19(21)12-8-5-9-13-19/h4-15H2,1-3H3. The molecule has 1 saturated heterocycles. The van der Waals surface area contributed by atoms with Crippen LogP contribution in [0.5, 0.6) is 0 Å². The molecule has 120 valence electrons. The van der Waals surface area contributed by atoms with Crippen molar-refractivity contribution in [1.82, 2.24) is 0 Å². The molecule has 1 aliphatic heterocycles. The average Bonchev–Trinajstić information content (AvgIpc) is 2.37. The van der Waals surface area contributed by atoms with Gasteiger partial charge in [0.1, 0.15) is 5.78 Å². The van der Waals surface area contributed by atoms with Crippen LogP contribution in [0.4, 0.5) is 0 Å². The summed E-state index contributed by atoms with van der Waals surface area (Å²) in [6.07, 6.45) is 15.6. The summed E-state index contributed by atoms with van der Waals surface area (Å²) in [4.78, 5) is 12.7. The first kappa shape index (κ1) is 16.0. The SMILES string of the molecule is CC(C)(C)P1C2(CCCCC2)CC(=O)CC12CCCCC2. The van der Waals surface area contributed by atoms with Gasteiger partial charge in [0, 0.05) is 12.8 Å². The Balaban J connectivity index is 2.03. The molecule has 0 atom stereocenters. The normalized spacial score (nSPS) is 30.0. The van der Waals surface area contributed by atoms with Gasteiger partial charge in [-0.15, -0.1) is 0 Å². The summed E-state index contributed by atoms with van der Waals surface area (Å²) in [7, 11) is -0.0651. The second-order valence-electron chi connectivity index (χ2n) is 8.97. The molecule has 1 heterocycles. The smallest absolute Gasteiger partial charge is 0.134 e. The molecule has 0 unspecified atom stereocenters. The van der Waals surface area contributed by atoms with Gasteiger partial charge in [-0.1, -0.05) is 67.2 Å². The third-order valence-electron chi connectivity index (χ3n) is 6.24. The van der Waals surface area contributed by atoms with Crippen LogP contribution in [-0.4, -0.2) is 21.3 Å². The zero-order valence-corrected chi connectivity index (χ0v) is 15.2. The molecule has 0 amide bonds. The summed E-state index contributed by atoms with van der Waals surface area (Å²) in [6, 6.07) is 0. The maximum absolute atomic E-state index is 12.7. The molecule has 3 rings (SSSR count). The summed E-state index contributed by atoms with van der Waals surface area (Å²) in [5.41, 5.74) is 0. The molecule has 0 aromatic rings. The summed E-state index contributed by atoms with van der Waals surface area (Å²) < 4.78 is 0. The molecule has 0 aromatic heterocycles. The van der Waals surface area contributed by atoms with E-state index in [-0.39, 0.29) is 7.92 Å². The van der Waals surface area contributed by atoms with Crippen molar-refractivity contribution in [3.63, 3.8) is 0 Å². The van der Waals surface area contributed by atoms with Crippen LogP contribution in [0.3, 0.4) is 0 Å². The molecule has 3 fully saturated rings. The minimum Gasteiger partial charge on any atom is -0.300 e. The van der Waals surface area contributed by atoms with Crippen molar-refractivity contribution in [1.29, 1.82) is 0 Å². The molecule has 2 saturated carbocycles. The maximum Gasteiger partial charge on any atom is 0.134 e. The van der Waals surface area contributed by atoms with Crippen LogP contribution in [0, 0.1) is 0 Å². The Labute approximate surface area is 132 Å². The van der Waals surface area contributed by atoms with Gasteiger partial charge < -0.3 is 0 Å². The van der Waals surface area contributed by atoms with Crippen LogP contribution in [-0.2, 0) is 4.79 Å². The Morgan fingerprint density at radius 1 is 0.762 bits per heavy atom. The first-order chi connectivity index (χ1) is 9.88. The fraction of sp³-hybridized carbons (Fsp3) is 0.947. The molecular weight excluding hydrogens is 275 g/mol. The van der Waals surface area contributed by atoms with E-state index in [9.17, 15) is 4.79 Å². The molecule has 2 spiro atoms. The largest absolute Gasteiger partial charge is 0.300 e. The minimum absolute atomic E-state index is 0.0651. The molecule has 21 heavy (non-hydrogen) atoms. The Morgan fingerprint density at radius 2 is 1.14 bits per heavy atom. The van der Waals surface area contributed by atoms with E-state index >= 15 is 0 Å². The quantitative estimate of drug-likeness (QED) is 0.499. The van der Waals surface area contributed by atoms with Crippen LogP contribution in [0.2, 0.25) is 0 Å². The monoisotopic (exact) mass is 308 g/mol. The van der Waals surface area contributed by atoms with Crippen LogP contribution >= 0.6 is 7.92 Å². The van der Waals surface area contributed by atoms with Gasteiger partial charge in [-0.05, 0) is 41.2 Å². The summed E-state index contributed by atoms with van der Waals surface area (Å²) >= 11 is 0. The Kier molecular flexibility index (Phi) is 4.28. The highest BCUT2D eigenvalue weighted by Gasteiger charge is 2.58.